The fourth-order valence-electron chi connectivity index (χ4n) is 3.09. The molecule has 0 aromatic heterocycles. The quantitative estimate of drug-likeness (QED) is 0.842. The average Bonchev–Trinajstić information content (AvgIpc) is 3.14. The van der Waals surface area contributed by atoms with E-state index in [1.165, 1.54) is 0 Å². The van der Waals surface area contributed by atoms with E-state index in [2.05, 4.69) is 29.2 Å². The molecule has 0 saturated carbocycles. The number of rotatable bonds is 4. The Morgan fingerprint density at radius 1 is 1.38 bits per heavy atom. The number of nitrogens with one attached hydrogen (secondary N) is 1. The minimum absolute atomic E-state index is 0.329. The first-order valence-corrected chi connectivity index (χ1v) is 8.64. The highest BCUT2D eigenvalue weighted by Crippen LogP contribution is 2.37. The Kier molecular flexibility index (Phi) is 4.82. The van der Waals surface area contributed by atoms with E-state index < -0.39 is 0 Å². The molecule has 2 aliphatic heterocycles. The predicted octanol–water partition coefficient (Wildman–Crippen LogP) is 2.16. The zero-order chi connectivity index (χ0) is 17.3. The van der Waals surface area contributed by atoms with Gasteiger partial charge in [0.05, 0.1) is 17.7 Å². The molecule has 24 heavy (non-hydrogen) atoms. The van der Waals surface area contributed by atoms with Gasteiger partial charge in [-0.15, -0.1) is 0 Å². The van der Waals surface area contributed by atoms with Crippen LogP contribution in [0.2, 0.25) is 0 Å². The van der Waals surface area contributed by atoms with E-state index in [1.54, 1.807) is 13.2 Å². The van der Waals surface area contributed by atoms with Crippen molar-refractivity contribution < 1.29 is 14.3 Å². The molecule has 6 nitrogen and oxygen atoms in total. The van der Waals surface area contributed by atoms with Crippen LogP contribution in [-0.4, -0.2) is 56.4 Å². The lowest BCUT2D eigenvalue weighted by Gasteiger charge is -2.25. The molecule has 0 bridgehead atoms. The van der Waals surface area contributed by atoms with E-state index in [0.29, 0.717) is 10.9 Å². The standard InChI is InChI=1S/C17H21N3O3S/c1-19(2)12-7-8-20(10-12)15-11(5-4-6-13(15)23-3)9-14-16(21)18-17(22)24-14/h4-6,9,12H,7-8,10H2,1-3H3,(H,18,21,22)/t12-/m0/s1. The molecule has 128 valence electrons. The number of imide groups is 1. The van der Waals surface area contributed by atoms with Gasteiger partial charge < -0.3 is 14.5 Å². The molecule has 2 amide bonds. The number of nitrogens with zero attached hydrogens (tertiary/aromatic N) is 2. The smallest absolute Gasteiger partial charge is 0.290 e. The van der Waals surface area contributed by atoms with E-state index in [0.717, 1.165) is 48.3 Å². The molecule has 1 aromatic carbocycles. The van der Waals surface area contributed by atoms with Crippen molar-refractivity contribution in [1.29, 1.82) is 0 Å². The van der Waals surface area contributed by atoms with Crippen molar-refractivity contribution >= 4 is 34.7 Å². The van der Waals surface area contributed by atoms with Crippen molar-refractivity contribution in [2.45, 2.75) is 12.5 Å². The molecule has 0 unspecified atom stereocenters. The van der Waals surface area contributed by atoms with E-state index in [1.807, 2.05) is 18.2 Å². The van der Waals surface area contributed by atoms with Gasteiger partial charge in [0, 0.05) is 24.7 Å². The summed E-state index contributed by atoms with van der Waals surface area (Å²) in [6.45, 7) is 1.83. The summed E-state index contributed by atoms with van der Waals surface area (Å²) in [7, 11) is 5.82. The molecule has 3 rings (SSSR count). The molecule has 0 radical (unpaired) electrons. The van der Waals surface area contributed by atoms with Crippen LogP contribution >= 0.6 is 11.8 Å². The molecule has 7 heteroatoms. The summed E-state index contributed by atoms with van der Waals surface area (Å²) in [6.07, 6.45) is 2.85. The fraction of sp³-hybridized carbons (Fsp3) is 0.412. The summed E-state index contributed by atoms with van der Waals surface area (Å²) >= 11 is 0.933. The summed E-state index contributed by atoms with van der Waals surface area (Å²) in [5.74, 6) is 0.435. The lowest BCUT2D eigenvalue weighted by atomic mass is 10.1. The van der Waals surface area contributed by atoms with Crippen LogP contribution in [0.4, 0.5) is 10.5 Å². The van der Waals surface area contributed by atoms with Crippen LogP contribution in [0.1, 0.15) is 12.0 Å². The Morgan fingerprint density at radius 3 is 2.75 bits per heavy atom. The second-order valence-corrected chi connectivity index (χ2v) is 7.12. The minimum Gasteiger partial charge on any atom is -0.495 e. The van der Waals surface area contributed by atoms with E-state index in [-0.39, 0.29) is 11.1 Å². The molecule has 2 saturated heterocycles. The van der Waals surface area contributed by atoms with Crippen molar-refractivity contribution in [3.05, 3.63) is 28.7 Å². The van der Waals surface area contributed by atoms with Crippen LogP contribution in [0.3, 0.4) is 0 Å². The van der Waals surface area contributed by atoms with E-state index >= 15 is 0 Å². The van der Waals surface area contributed by atoms with Gasteiger partial charge in [-0.1, -0.05) is 12.1 Å². The monoisotopic (exact) mass is 347 g/mol. The maximum absolute atomic E-state index is 11.8. The zero-order valence-electron chi connectivity index (χ0n) is 14.0. The normalized spacial score (nSPS) is 22.6. The molecule has 1 atom stereocenters. The topological polar surface area (TPSA) is 61.9 Å². The Morgan fingerprint density at radius 2 is 2.17 bits per heavy atom. The van der Waals surface area contributed by atoms with Gasteiger partial charge in [-0.05, 0) is 44.4 Å². The number of carbonyl (C=O) groups excluding carboxylic acids is 2. The third kappa shape index (κ3) is 3.27. The first-order valence-electron chi connectivity index (χ1n) is 7.83. The number of thioether (sulfide) groups is 1. The first kappa shape index (κ1) is 16.9. The SMILES string of the molecule is COc1cccc(C=C2SC(=O)NC2=O)c1N1CC[C@H](N(C)C)C1. The van der Waals surface area contributed by atoms with Gasteiger partial charge >= 0.3 is 0 Å². The van der Waals surface area contributed by atoms with Gasteiger partial charge in [0.2, 0.25) is 0 Å². The number of hydrogen-bond donors (Lipinski definition) is 1. The molecular weight excluding hydrogens is 326 g/mol. The van der Waals surface area contributed by atoms with Gasteiger partial charge in [0.25, 0.3) is 11.1 Å². The van der Waals surface area contributed by atoms with Crippen molar-refractivity contribution in [3.8, 4) is 5.75 Å². The molecule has 2 aliphatic rings. The summed E-state index contributed by atoms with van der Waals surface area (Å²) in [5.41, 5.74) is 1.87. The fourth-order valence-corrected chi connectivity index (χ4v) is 3.76. The lowest BCUT2D eigenvalue weighted by Crippen LogP contribution is -2.31. The van der Waals surface area contributed by atoms with Crippen LogP contribution in [0.5, 0.6) is 5.75 Å². The molecule has 0 spiro atoms. The second-order valence-electron chi connectivity index (χ2n) is 6.10. The number of amides is 2. The molecule has 2 fully saturated rings. The number of carbonyl (C=O) groups is 2. The number of anilines is 1. The predicted molar refractivity (Wildman–Crippen MR) is 96.4 cm³/mol. The second kappa shape index (κ2) is 6.86. The van der Waals surface area contributed by atoms with Crippen LogP contribution in [0, 0.1) is 0 Å². The van der Waals surface area contributed by atoms with Gasteiger partial charge in [-0.2, -0.15) is 0 Å². The summed E-state index contributed by atoms with van der Waals surface area (Å²) < 4.78 is 5.55. The molecular formula is C17H21N3O3S. The first-order chi connectivity index (χ1) is 11.5. The van der Waals surface area contributed by atoms with E-state index in [4.69, 9.17) is 4.74 Å². The van der Waals surface area contributed by atoms with Crippen molar-refractivity contribution in [1.82, 2.24) is 10.2 Å². The Hall–Kier alpha value is -1.99. The number of para-hydroxylation sites is 1. The molecule has 2 heterocycles. The zero-order valence-corrected chi connectivity index (χ0v) is 14.9. The minimum atomic E-state index is -0.341. The molecule has 1 aromatic rings. The Bertz CT molecular complexity index is 702. The number of ether oxygens (including phenoxy) is 1. The number of benzene rings is 1. The summed E-state index contributed by atoms with van der Waals surface area (Å²) in [4.78, 5) is 28.2. The van der Waals surface area contributed by atoms with Gasteiger partial charge in [-0.3, -0.25) is 14.9 Å². The highest BCUT2D eigenvalue weighted by atomic mass is 32.2. The molecule has 0 aliphatic carbocycles. The van der Waals surface area contributed by atoms with Crippen LogP contribution in [-0.2, 0) is 4.79 Å². The van der Waals surface area contributed by atoms with E-state index in [9.17, 15) is 9.59 Å². The molecule has 1 N–H and O–H groups in total. The highest BCUT2D eigenvalue weighted by Gasteiger charge is 2.29. The van der Waals surface area contributed by atoms with Crippen molar-refractivity contribution in [3.63, 3.8) is 0 Å². The largest absolute Gasteiger partial charge is 0.495 e. The number of methoxy groups -OCH3 is 1. The summed E-state index contributed by atoms with van der Waals surface area (Å²) in [5, 5.41) is 1.96. The Labute approximate surface area is 145 Å². The third-order valence-electron chi connectivity index (χ3n) is 4.39. The van der Waals surface area contributed by atoms with Gasteiger partial charge in [0.1, 0.15) is 5.75 Å². The maximum atomic E-state index is 11.8. The maximum Gasteiger partial charge on any atom is 0.290 e. The van der Waals surface area contributed by atoms with Crippen LogP contribution < -0.4 is 15.0 Å². The van der Waals surface area contributed by atoms with Crippen LogP contribution in [0.25, 0.3) is 6.08 Å². The Balaban J connectivity index is 1.97. The average molecular weight is 347 g/mol. The third-order valence-corrected chi connectivity index (χ3v) is 5.20. The highest BCUT2D eigenvalue weighted by molar-refractivity contribution is 8.18. The number of likely N-dealkylation sites (N-methyl/N-ethyl adjacent to an activating group) is 1. The van der Waals surface area contributed by atoms with Gasteiger partial charge in [-0.25, -0.2) is 0 Å². The lowest BCUT2D eigenvalue weighted by molar-refractivity contribution is -0.115. The summed E-state index contributed by atoms with van der Waals surface area (Å²) in [6, 6.07) is 6.26. The van der Waals surface area contributed by atoms with Crippen molar-refractivity contribution in [2.24, 2.45) is 0 Å². The van der Waals surface area contributed by atoms with Crippen LogP contribution in [0.15, 0.2) is 23.1 Å². The van der Waals surface area contributed by atoms with Crippen molar-refractivity contribution in [2.75, 3.05) is 39.2 Å². The van der Waals surface area contributed by atoms with Gasteiger partial charge in [0.15, 0.2) is 0 Å². The number of hydrogen-bond acceptors (Lipinski definition) is 6.